The zero-order valence-corrected chi connectivity index (χ0v) is 39.5. The van der Waals surface area contributed by atoms with Gasteiger partial charge in [0.25, 0.3) is 0 Å². The molecular formula is C61H48N4OPt. The summed E-state index contributed by atoms with van der Waals surface area (Å²) < 4.78 is 40.8. The number of ether oxygens (including phenoxy) is 1. The molecule has 0 atom stereocenters. The summed E-state index contributed by atoms with van der Waals surface area (Å²) in [6.45, 7) is 2.28. The van der Waals surface area contributed by atoms with Gasteiger partial charge in [0.2, 0.25) is 0 Å². The van der Waals surface area contributed by atoms with Gasteiger partial charge in [-0.3, -0.25) is 0 Å². The van der Waals surface area contributed by atoms with E-state index in [1.807, 2.05) is 48.5 Å². The van der Waals surface area contributed by atoms with Crippen LogP contribution < -0.4 is 4.74 Å². The zero-order valence-electron chi connectivity index (χ0n) is 40.2. The van der Waals surface area contributed by atoms with Crippen molar-refractivity contribution in [1.29, 1.82) is 0 Å². The molecule has 0 radical (unpaired) electrons. The quantitative estimate of drug-likeness (QED) is 0.152. The minimum atomic E-state index is -2.38. The molecule has 1 aliphatic carbocycles. The van der Waals surface area contributed by atoms with Gasteiger partial charge in [0.15, 0.2) is 0 Å². The Balaban J connectivity index is 1.00. The number of hydrogen-bond donors (Lipinski definition) is 0. The van der Waals surface area contributed by atoms with E-state index < -0.39 is 6.85 Å². The summed E-state index contributed by atoms with van der Waals surface area (Å²) in [5, 5.41) is 2.16. The molecule has 11 aromatic rings. The molecular weight excluding hydrogens is 1000 g/mol. The molecule has 0 N–H and O–H groups in total. The fourth-order valence-electron chi connectivity index (χ4n) is 10.4. The molecule has 0 aliphatic heterocycles. The van der Waals surface area contributed by atoms with Crippen LogP contribution in [0.25, 0.3) is 83.4 Å². The molecule has 12 rings (SSSR count). The SMILES string of the molecule is [2H]C([2H])([2H])c1cc(-n2c3cc(Oc4cccc(-n5[c](=[Pt])n(-c6c(-c7ccccc7)cccc6-c6ccccc6)c6ccccc65)c4)ccc3c3cc4c(cc32)C(C)(C)CCC4)ncc1-c1ccccc1. The number of rotatable bonds is 8. The van der Waals surface area contributed by atoms with Gasteiger partial charge in [0.1, 0.15) is 0 Å². The molecule has 67 heavy (non-hydrogen) atoms. The van der Waals surface area contributed by atoms with Gasteiger partial charge < -0.3 is 0 Å². The van der Waals surface area contributed by atoms with Crippen LogP contribution in [-0.4, -0.2) is 18.7 Å². The van der Waals surface area contributed by atoms with Crippen molar-refractivity contribution in [1.82, 2.24) is 18.7 Å². The van der Waals surface area contributed by atoms with E-state index in [1.165, 1.54) is 11.1 Å². The van der Waals surface area contributed by atoms with Crippen LogP contribution in [0.3, 0.4) is 0 Å². The summed E-state index contributed by atoms with van der Waals surface area (Å²) in [5.74, 6) is 1.88. The molecule has 0 fully saturated rings. The smallest absolute Gasteiger partial charge is 0.0622 e. The van der Waals surface area contributed by atoms with Crippen LogP contribution in [0.15, 0.2) is 200 Å². The Morgan fingerprint density at radius 2 is 1.16 bits per heavy atom. The maximum atomic E-state index is 8.69. The van der Waals surface area contributed by atoms with E-state index in [0.717, 1.165) is 95.1 Å². The molecule has 0 bridgehead atoms. The van der Waals surface area contributed by atoms with Crippen LogP contribution in [0.2, 0.25) is 0 Å². The number of imidazole rings is 1. The van der Waals surface area contributed by atoms with Gasteiger partial charge in [0, 0.05) is 15.9 Å². The summed E-state index contributed by atoms with van der Waals surface area (Å²) in [6.07, 6.45) is 4.98. The molecule has 6 heteroatoms. The number of benzene rings is 8. The fraction of sp³-hybridized carbons (Fsp3) is 0.115. The Hall–Kier alpha value is -7.33. The number of nitrogens with zero attached hydrogens (tertiary/aromatic N) is 4. The Morgan fingerprint density at radius 1 is 0.552 bits per heavy atom. The summed E-state index contributed by atoms with van der Waals surface area (Å²) in [4.78, 5) is 5.05. The fourth-order valence-corrected chi connectivity index (χ4v) is 11.5. The summed E-state index contributed by atoms with van der Waals surface area (Å²) in [5.41, 5.74) is 15.0. The van der Waals surface area contributed by atoms with E-state index in [1.54, 1.807) is 12.3 Å². The van der Waals surface area contributed by atoms with E-state index >= 15 is 0 Å². The predicted octanol–water partition coefficient (Wildman–Crippen LogP) is 15.7. The van der Waals surface area contributed by atoms with Gasteiger partial charge in [-0.1, -0.05) is 44.2 Å². The van der Waals surface area contributed by atoms with Gasteiger partial charge >= 0.3 is 294 Å². The molecule has 1 aliphatic rings. The number of para-hydroxylation sites is 3. The van der Waals surface area contributed by atoms with Crippen LogP contribution >= 0.6 is 0 Å². The minimum Gasteiger partial charge on any atom is -0.0622 e. The second-order valence-corrected chi connectivity index (χ2v) is 19.2. The van der Waals surface area contributed by atoms with Crippen LogP contribution in [0.1, 0.15) is 47.5 Å². The van der Waals surface area contributed by atoms with Gasteiger partial charge in [-0.05, 0) is 53.8 Å². The van der Waals surface area contributed by atoms with Crippen LogP contribution in [0, 0.1) is 10.7 Å². The van der Waals surface area contributed by atoms with Crippen molar-refractivity contribution in [3.05, 3.63) is 221 Å². The Morgan fingerprint density at radius 3 is 1.85 bits per heavy atom. The second kappa shape index (κ2) is 16.5. The van der Waals surface area contributed by atoms with Gasteiger partial charge in [-0.25, -0.2) is 0 Å². The summed E-state index contributed by atoms with van der Waals surface area (Å²) in [6, 6.07) is 67.0. The van der Waals surface area contributed by atoms with Gasteiger partial charge in [0.05, 0.1) is 0 Å². The first kappa shape index (κ1) is 37.8. The third-order valence-corrected chi connectivity index (χ3v) is 14.6. The Kier molecular flexibility index (Phi) is 9.33. The van der Waals surface area contributed by atoms with Gasteiger partial charge in [-0.2, -0.15) is 0 Å². The minimum absolute atomic E-state index is 0.00553. The van der Waals surface area contributed by atoms with E-state index in [9.17, 15) is 0 Å². The standard InChI is InChI=1S/C61H48N4O.Pt/c1-41-34-59(62-39-53(41)44-22-11-6-12-23-44)65-57-37-48(31-32-51(57)52-35-45-24-17-33-61(2,3)54(45)38-58(52)65)66-47-26-15-25-46(36-47)63-40-64(56-30-14-13-29-55(56)63)60-49(42-18-7-4-8-19-42)27-16-28-50(60)43-20-9-5-10-21-43;/h4-16,18-23,25-32,34-39H,17,24,33H2,1-3H3;/i1D3;. The van der Waals surface area contributed by atoms with Crippen molar-refractivity contribution in [2.75, 3.05) is 0 Å². The first-order chi connectivity index (χ1) is 34.0. The number of aromatic nitrogens is 4. The third-order valence-electron chi connectivity index (χ3n) is 13.6. The molecule has 328 valence electrons. The van der Waals surface area contributed by atoms with E-state index in [2.05, 4.69) is 186 Å². The van der Waals surface area contributed by atoms with E-state index in [4.69, 9.17) is 13.8 Å². The average molecular weight is 1050 g/mol. The Labute approximate surface area is 405 Å². The molecule has 0 saturated carbocycles. The summed E-state index contributed by atoms with van der Waals surface area (Å²) in [7, 11) is 0. The Bertz CT molecular complexity index is 3810. The molecule has 0 unspecified atom stereocenters. The average Bonchev–Trinajstić information content (AvgIpc) is 3.85. The van der Waals surface area contributed by atoms with Crippen molar-refractivity contribution in [3.63, 3.8) is 0 Å². The van der Waals surface area contributed by atoms with E-state index in [0.29, 0.717) is 22.9 Å². The predicted molar refractivity (Wildman–Crippen MR) is 272 cm³/mol. The van der Waals surface area contributed by atoms with Crippen molar-refractivity contribution >= 4 is 32.8 Å². The maximum absolute atomic E-state index is 8.69. The van der Waals surface area contributed by atoms with Crippen molar-refractivity contribution in [2.24, 2.45) is 0 Å². The normalized spacial score (nSPS) is 14.2. The first-order valence-electron chi connectivity index (χ1n) is 24.4. The number of pyridine rings is 1. The molecule has 3 aromatic heterocycles. The van der Waals surface area contributed by atoms with E-state index in [-0.39, 0.29) is 11.0 Å². The molecule has 8 aromatic carbocycles. The number of hydrogen-bond acceptors (Lipinski definition) is 2. The first-order valence-corrected chi connectivity index (χ1v) is 24.0. The molecule has 0 saturated heterocycles. The summed E-state index contributed by atoms with van der Waals surface area (Å²) >= 11 is 2.48. The van der Waals surface area contributed by atoms with Crippen molar-refractivity contribution in [3.8, 4) is 62.1 Å². The second-order valence-electron chi connectivity index (χ2n) is 18.2. The van der Waals surface area contributed by atoms with Crippen LogP contribution in [0.4, 0.5) is 0 Å². The monoisotopic (exact) mass is 1050 g/mol. The zero-order chi connectivity index (χ0) is 47.7. The molecule has 0 spiro atoms. The van der Waals surface area contributed by atoms with Gasteiger partial charge in [-0.15, -0.1) is 0 Å². The number of aryl methyl sites for hydroxylation is 2. The van der Waals surface area contributed by atoms with Crippen LogP contribution in [0.5, 0.6) is 11.5 Å². The van der Waals surface area contributed by atoms with Crippen molar-refractivity contribution < 1.29 is 28.2 Å². The molecule has 3 heterocycles. The number of fused-ring (bicyclic) bond motifs is 5. The van der Waals surface area contributed by atoms with Crippen molar-refractivity contribution in [2.45, 2.75) is 45.4 Å². The molecule has 0 amide bonds. The molecule has 5 nitrogen and oxygen atoms in total. The third kappa shape index (κ3) is 7.12. The topological polar surface area (TPSA) is 36.9 Å². The van der Waals surface area contributed by atoms with Crippen LogP contribution in [-0.2, 0) is 31.2 Å².